The topological polar surface area (TPSA) is 69.3 Å². The van der Waals surface area contributed by atoms with E-state index in [2.05, 4.69) is 14.9 Å². The Bertz CT molecular complexity index is 734. The van der Waals surface area contributed by atoms with E-state index in [1.54, 1.807) is 13.1 Å². The molecule has 26 heavy (non-hydrogen) atoms. The maximum Gasteiger partial charge on any atom is 0.254 e. The van der Waals surface area contributed by atoms with Gasteiger partial charge < -0.3 is 14.8 Å². The zero-order chi connectivity index (χ0) is 18.5. The van der Waals surface area contributed by atoms with Crippen molar-refractivity contribution in [3.05, 3.63) is 27.9 Å². The number of carbonyl (C=O) groups is 1. The first-order valence-electron chi connectivity index (χ1n) is 9.95. The zero-order valence-electron chi connectivity index (χ0n) is 16.1. The molecule has 0 atom stereocenters. The number of aromatic amines is 1. The Labute approximate surface area is 155 Å². The van der Waals surface area contributed by atoms with E-state index in [-0.39, 0.29) is 17.4 Å². The van der Waals surface area contributed by atoms with Gasteiger partial charge >= 0.3 is 0 Å². The number of hydrogen-bond acceptors (Lipinski definition) is 4. The lowest BCUT2D eigenvalue weighted by Gasteiger charge is -2.61. The largest absolute Gasteiger partial charge is 0.342 e. The zero-order valence-corrected chi connectivity index (χ0v) is 16.1. The first kappa shape index (κ1) is 17.7. The van der Waals surface area contributed by atoms with Crippen molar-refractivity contribution < 1.29 is 4.79 Å². The molecule has 4 rings (SSSR count). The molecule has 1 spiro atoms. The van der Waals surface area contributed by atoms with E-state index in [1.165, 1.54) is 12.8 Å². The summed E-state index contributed by atoms with van der Waals surface area (Å²) < 4.78 is 0. The van der Waals surface area contributed by atoms with E-state index in [4.69, 9.17) is 0 Å². The van der Waals surface area contributed by atoms with Crippen LogP contribution in [0.15, 0.2) is 11.0 Å². The number of amides is 1. The predicted molar refractivity (Wildman–Crippen MR) is 100 cm³/mol. The molecule has 142 valence electrons. The van der Waals surface area contributed by atoms with E-state index in [9.17, 15) is 9.59 Å². The highest BCUT2D eigenvalue weighted by molar-refractivity contribution is 5.74. The van der Waals surface area contributed by atoms with Gasteiger partial charge in [0.25, 0.3) is 5.56 Å². The van der Waals surface area contributed by atoms with E-state index < -0.39 is 0 Å². The number of nitrogens with zero attached hydrogens (tertiary/aromatic N) is 3. The number of likely N-dealkylation sites (tertiary alicyclic amines) is 2. The minimum Gasteiger partial charge on any atom is -0.342 e. The molecule has 1 aromatic heterocycles. The Morgan fingerprint density at radius 1 is 1.27 bits per heavy atom. The van der Waals surface area contributed by atoms with Crippen LogP contribution in [-0.2, 0) is 4.79 Å². The van der Waals surface area contributed by atoms with Gasteiger partial charge in [0.1, 0.15) is 5.82 Å². The lowest BCUT2D eigenvalue weighted by molar-refractivity contribution is -0.155. The summed E-state index contributed by atoms with van der Waals surface area (Å²) in [6.45, 7) is 9.79. The molecule has 1 amide bonds. The van der Waals surface area contributed by atoms with Crippen LogP contribution in [0.3, 0.4) is 0 Å². The Hall–Kier alpha value is -1.69. The fourth-order valence-electron chi connectivity index (χ4n) is 5.02. The summed E-state index contributed by atoms with van der Waals surface area (Å²) in [5.41, 5.74) is 1.32. The van der Waals surface area contributed by atoms with E-state index >= 15 is 0 Å². The lowest BCUT2D eigenvalue weighted by Crippen LogP contribution is -2.67. The fourth-order valence-corrected chi connectivity index (χ4v) is 5.02. The Morgan fingerprint density at radius 2 is 1.92 bits per heavy atom. The highest BCUT2D eigenvalue weighted by Crippen LogP contribution is 2.50. The molecule has 2 aliphatic heterocycles. The average Bonchev–Trinajstić information content (AvgIpc) is 2.52. The van der Waals surface area contributed by atoms with Gasteiger partial charge in [-0.2, -0.15) is 0 Å². The number of rotatable bonds is 3. The Kier molecular flexibility index (Phi) is 4.41. The van der Waals surface area contributed by atoms with Gasteiger partial charge in [-0.25, -0.2) is 4.98 Å². The Balaban J connectivity index is 1.29. The molecule has 0 unspecified atom stereocenters. The molecule has 0 radical (unpaired) electrons. The second-order valence-electron chi connectivity index (χ2n) is 8.96. The minimum absolute atomic E-state index is 0.0449. The number of carbonyl (C=O) groups excluding carboxylic acids is 1. The van der Waals surface area contributed by atoms with Gasteiger partial charge in [0, 0.05) is 49.1 Å². The molecule has 1 aromatic rings. The van der Waals surface area contributed by atoms with Crippen molar-refractivity contribution in [3.63, 3.8) is 0 Å². The monoisotopic (exact) mass is 358 g/mol. The number of aromatic nitrogens is 2. The summed E-state index contributed by atoms with van der Waals surface area (Å²) in [6, 6.07) is 0.671. The van der Waals surface area contributed by atoms with E-state index in [0.717, 1.165) is 50.4 Å². The van der Waals surface area contributed by atoms with Gasteiger partial charge in [0.05, 0.1) is 0 Å². The molecule has 3 fully saturated rings. The third-order valence-electron chi connectivity index (χ3n) is 6.71. The average molecular weight is 358 g/mol. The van der Waals surface area contributed by atoms with Crippen molar-refractivity contribution in [2.45, 2.75) is 64.3 Å². The maximum absolute atomic E-state index is 12.4. The molecule has 1 N–H and O–H groups in total. The van der Waals surface area contributed by atoms with Gasteiger partial charge in [0.15, 0.2) is 0 Å². The predicted octanol–water partition coefficient (Wildman–Crippen LogP) is 2.08. The fraction of sp³-hybridized carbons (Fsp3) is 0.750. The summed E-state index contributed by atoms with van der Waals surface area (Å²) in [6.07, 6.45) is 6.33. The number of H-pyrrole nitrogens is 1. The van der Waals surface area contributed by atoms with Crippen molar-refractivity contribution in [2.24, 2.45) is 5.41 Å². The van der Waals surface area contributed by atoms with Crippen LogP contribution in [0.2, 0.25) is 0 Å². The van der Waals surface area contributed by atoms with Crippen LogP contribution < -0.4 is 5.56 Å². The van der Waals surface area contributed by atoms with Crippen LogP contribution in [0.25, 0.3) is 0 Å². The lowest BCUT2D eigenvalue weighted by atomic mass is 9.60. The molecule has 6 heteroatoms. The van der Waals surface area contributed by atoms with Crippen LogP contribution in [-0.4, -0.2) is 57.9 Å². The first-order valence-corrected chi connectivity index (χ1v) is 9.95. The summed E-state index contributed by atoms with van der Waals surface area (Å²) in [4.78, 5) is 35.7. The molecule has 2 saturated heterocycles. The van der Waals surface area contributed by atoms with Crippen LogP contribution in [0.4, 0.5) is 0 Å². The van der Waals surface area contributed by atoms with Gasteiger partial charge in [-0.1, -0.05) is 13.8 Å². The Morgan fingerprint density at radius 3 is 2.46 bits per heavy atom. The molecule has 0 aromatic carbocycles. The van der Waals surface area contributed by atoms with Crippen molar-refractivity contribution in [2.75, 3.05) is 26.2 Å². The van der Waals surface area contributed by atoms with E-state index in [0.29, 0.717) is 17.4 Å². The summed E-state index contributed by atoms with van der Waals surface area (Å²) in [7, 11) is 0. The van der Waals surface area contributed by atoms with Gasteiger partial charge in [-0.05, 0) is 44.7 Å². The summed E-state index contributed by atoms with van der Waals surface area (Å²) in [5, 5.41) is 0. The minimum atomic E-state index is 0.0449. The molecular weight excluding hydrogens is 328 g/mol. The van der Waals surface area contributed by atoms with Crippen molar-refractivity contribution in [1.82, 2.24) is 19.8 Å². The third-order valence-corrected chi connectivity index (χ3v) is 6.71. The summed E-state index contributed by atoms with van der Waals surface area (Å²) in [5.74, 6) is 1.56. The van der Waals surface area contributed by atoms with E-state index in [1.807, 2.05) is 18.7 Å². The smallest absolute Gasteiger partial charge is 0.254 e. The highest BCUT2D eigenvalue weighted by Gasteiger charge is 2.54. The standard InChI is InChI=1S/C20H30N4O2/c1-13(2)18-21-10-17(19(26)22-18)15-4-6-23(7-5-15)16-8-20(9-16)11-24(12-20)14(3)25/h10,13,15-16H,4-9,11-12H2,1-3H3,(H,21,22,26). The second-order valence-corrected chi connectivity index (χ2v) is 8.96. The van der Waals surface area contributed by atoms with Crippen molar-refractivity contribution in [3.8, 4) is 0 Å². The second kappa shape index (κ2) is 6.48. The number of piperidine rings is 1. The SMILES string of the molecule is CC(=O)N1CC2(CC(N3CCC(c4cnc(C(C)C)[nH]c4=O)CC3)C2)C1. The van der Waals surface area contributed by atoms with Gasteiger partial charge in [-0.15, -0.1) is 0 Å². The summed E-state index contributed by atoms with van der Waals surface area (Å²) >= 11 is 0. The molecular formula is C20H30N4O2. The highest BCUT2D eigenvalue weighted by atomic mass is 16.2. The normalized spacial score (nSPS) is 23.9. The quantitative estimate of drug-likeness (QED) is 0.898. The van der Waals surface area contributed by atoms with Gasteiger partial charge in [0.2, 0.25) is 5.91 Å². The molecule has 6 nitrogen and oxygen atoms in total. The van der Waals surface area contributed by atoms with Crippen LogP contribution in [0, 0.1) is 5.41 Å². The number of nitrogens with one attached hydrogen (secondary N) is 1. The molecule has 1 saturated carbocycles. The first-order chi connectivity index (χ1) is 12.4. The van der Waals surface area contributed by atoms with Gasteiger partial charge in [-0.3, -0.25) is 9.59 Å². The molecule has 3 heterocycles. The third kappa shape index (κ3) is 3.08. The van der Waals surface area contributed by atoms with Crippen LogP contribution >= 0.6 is 0 Å². The van der Waals surface area contributed by atoms with Crippen molar-refractivity contribution >= 4 is 5.91 Å². The molecule has 0 bridgehead atoms. The molecule has 3 aliphatic rings. The van der Waals surface area contributed by atoms with Crippen molar-refractivity contribution in [1.29, 1.82) is 0 Å². The number of hydrogen-bond donors (Lipinski definition) is 1. The molecule has 1 aliphatic carbocycles. The van der Waals surface area contributed by atoms with Crippen LogP contribution in [0.1, 0.15) is 69.7 Å². The van der Waals surface area contributed by atoms with Crippen LogP contribution in [0.5, 0.6) is 0 Å². The maximum atomic E-state index is 12.4.